The maximum absolute atomic E-state index is 12.3. The molecule has 0 amide bonds. The molecule has 1 heterocycles. The van der Waals surface area contributed by atoms with Crippen molar-refractivity contribution in [3.63, 3.8) is 0 Å². The molecule has 0 saturated carbocycles. The summed E-state index contributed by atoms with van der Waals surface area (Å²) in [5.41, 5.74) is 10.3. The minimum absolute atomic E-state index is 0.129. The Kier molecular flexibility index (Phi) is 8.36. The second-order valence-electron chi connectivity index (χ2n) is 9.33. The minimum Gasteiger partial charge on any atom is -0.334 e. The maximum atomic E-state index is 12.3. The molecule has 0 aliphatic carbocycles. The van der Waals surface area contributed by atoms with Crippen molar-refractivity contribution in [2.45, 2.75) is 106 Å². The zero-order chi connectivity index (χ0) is 24.5. The molecule has 2 aromatic carbocycles. The summed E-state index contributed by atoms with van der Waals surface area (Å²) in [5, 5.41) is 0. The Morgan fingerprint density at radius 2 is 0.909 bits per heavy atom. The van der Waals surface area contributed by atoms with Gasteiger partial charge in [-0.05, 0) is 97.6 Å². The third-order valence-electron chi connectivity index (χ3n) is 7.48. The lowest BCUT2D eigenvalue weighted by Gasteiger charge is -2.37. The Morgan fingerprint density at radius 1 is 0.636 bits per heavy atom. The molecule has 0 aromatic heterocycles. The minimum atomic E-state index is -3.03. The van der Waals surface area contributed by atoms with Crippen molar-refractivity contribution in [2.75, 3.05) is 9.34 Å². The number of hydrogen-bond donors (Lipinski definition) is 1. The standard InChI is InChI=1S/C28H43N2OPS/c1-9-21-15-23(11-3)27(24(12-4)16-21)29-19(7)20(8)30(32(29,31)33)28-25(13-5)17-22(10-2)18-26(28)14-6/h15-20H,9-14H2,1-8H3,(H,31,33)/t19-,20-/m1/s1. The lowest BCUT2D eigenvalue weighted by molar-refractivity contribution is 0.618. The number of anilines is 2. The van der Waals surface area contributed by atoms with E-state index in [1.165, 1.54) is 44.8 Å². The number of hydrogen-bond acceptors (Lipinski definition) is 1. The van der Waals surface area contributed by atoms with Gasteiger partial charge in [-0.2, -0.15) is 0 Å². The van der Waals surface area contributed by atoms with Crippen LogP contribution >= 0.6 is 6.57 Å². The predicted octanol–water partition coefficient (Wildman–Crippen LogP) is 7.38. The quantitative estimate of drug-likeness (QED) is 0.394. The van der Waals surface area contributed by atoms with Crippen LogP contribution < -0.4 is 9.34 Å². The molecule has 1 aliphatic rings. The van der Waals surface area contributed by atoms with E-state index >= 15 is 0 Å². The first-order valence-corrected chi connectivity index (χ1v) is 15.6. The van der Waals surface area contributed by atoms with Gasteiger partial charge in [0.15, 0.2) is 0 Å². The molecule has 2 atom stereocenters. The van der Waals surface area contributed by atoms with E-state index in [0.29, 0.717) is 0 Å². The van der Waals surface area contributed by atoms with E-state index in [1.54, 1.807) is 0 Å². The summed E-state index contributed by atoms with van der Waals surface area (Å²) in [7, 11) is 0. The van der Waals surface area contributed by atoms with E-state index in [4.69, 9.17) is 11.8 Å². The van der Waals surface area contributed by atoms with Gasteiger partial charge < -0.3 is 14.2 Å². The van der Waals surface area contributed by atoms with Gasteiger partial charge in [0.1, 0.15) is 0 Å². The highest BCUT2D eigenvalue weighted by Crippen LogP contribution is 2.63. The molecule has 1 fully saturated rings. The topological polar surface area (TPSA) is 26.7 Å². The first kappa shape index (κ1) is 26.3. The van der Waals surface area contributed by atoms with Gasteiger partial charge in [-0.25, -0.2) is 0 Å². The van der Waals surface area contributed by atoms with Gasteiger partial charge in [0.25, 0.3) is 6.57 Å². The van der Waals surface area contributed by atoms with Gasteiger partial charge in [-0.1, -0.05) is 65.8 Å². The summed E-state index contributed by atoms with van der Waals surface area (Å²) >= 11 is 6.24. The number of benzene rings is 2. The summed E-state index contributed by atoms with van der Waals surface area (Å²) in [4.78, 5) is 12.3. The first-order chi connectivity index (χ1) is 15.7. The fraction of sp³-hybridized carbons (Fsp3) is 0.571. The van der Waals surface area contributed by atoms with Crippen molar-refractivity contribution in [2.24, 2.45) is 0 Å². The molecule has 0 radical (unpaired) electrons. The zero-order valence-electron chi connectivity index (χ0n) is 21.9. The van der Waals surface area contributed by atoms with Crippen LogP contribution in [0, 0.1) is 0 Å². The van der Waals surface area contributed by atoms with E-state index in [1.807, 2.05) is 0 Å². The van der Waals surface area contributed by atoms with E-state index in [0.717, 1.165) is 38.5 Å². The highest BCUT2D eigenvalue weighted by molar-refractivity contribution is 8.13. The van der Waals surface area contributed by atoms with Gasteiger partial charge in [0.05, 0.1) is 23.5 Å². The van der Waals surface area contributed by atoms with Crippen LogP contribution in [-0.4, -0.2) is 17.0 Å². The second kappa shape index (κ2) is 10.5. The van der Waals surface area contributed by atoms with Crippen molar-refractivity contribution in [1.82, 2.24) is 0 Å². The van der Waals surface area contributed by atoms with Crippen LogP contribution in [-0.2, 0) is 50.3 Å². The van der Waals surface area contributed by atoms with Crippen LogP contribution in [0.4, 0.5) is 11.4 Å². The largest absolute Gasteiger partial charge is 0.334 e. The van der Waals surface area contributed by atoms with Crippen molar-refractivity contribution < 1.29 is 4.89 Å². The molecule has 5 heteroatoms. The molecule has 3 rings (SSSR count). The van der Waals surface area contributed by atoms with Crippen molar-refractivity contribution in [3.8, 4) is 0 Å². The summed E-state index contributed by atoms with van der Waals surface area (Å²) in [6.07, 6.45) is 5.80. The smallest absolute Gasteiger partial charge is 0.252 e. The molecule has 2 aromatic rings. The molecule has 1 saturated heterocycles. The first-order valence-electron chi connectivity index (χ1n) is 12.9. The Morgan fingerprint density at radius 3 is 1.12 bits per heavy atom. The average Bonchev–Trinajstić information content (AvgIpc) is 3.00. The lowest BCUT2D eigenvalue weighted by Crippen LogP contribution is -2.33. The number of rotatable bonds is 8. The Labute approximate surface area is 207 Å². The van der Waals surface area contributed by atoms with Crippen molar-refractivity contribution >= 4 is 29.7 Å². The second-order valence-corrected chi connectivity index (χ2v) is 12.7. The normalized spacial score (nSPS) is 20.0. The number of nitrogens with zero attached hydrogens (tertiary/aromatic N) is 2. The molecule has 182 valence electrons. The highest BCUT2D eigenvalue weighted by atomic mass is 32.5. The van der Waals surface area contributed by atoms with Gasteiger partial charge in [0, 0.05) is 0 Å². The Bertz CT molecular complexity index is 921. The highest BCUT2D eigenvalue weighted by Gasteiger charge is 2.49. The van der Waals surface area contributed by atoms with Crippen LogP contribution in [0.25, 0.3) is 0 Å². The van der Waals surface area contributed by atoms with E-state index in [9.17, 15) is 4.89 Å². The van der Waals surface area contributed by atoms with Crippen LogP contribution in [0.3, 0.4) is 0 Å². The van der Waals surface area contributed by atoms with Crippen LogP contribution in [0.1, 0.15) is 88.8 Å². The van der Waals surface area contributed by atoms with E-state index < -0.39 is 6.57 Å². The van der Waals surface area contributed by atoms with Crippen LogP contribution in [0.15, 0.2) is 24.3 Å². The van der Waals surface area contributed by atoms with Crippen LogP contribution in [0.2, 0.25) is 0 Å². The lowest BCUT2D eigenvalue weighted by atomic mass is 9.96. The Balaban J connectivity index is 2.27. The Hall–Kier alpha value is -1.35. The third kappa shape index (κ3) is 4.51. The monoisotopic (exact) mass is 486 g/mol. The maximum Gasteiger partial charge on any atom is 0.252 e. The molecule has 0 bridgehead atoms. The van der Waals surface area contributed by atoms with Gasteiger partial charge in [-0.15, -0.1) is 0 Å². The fourth-order valence-corrected chi connectivity index (χ4v) is 9.35. The molecule has 0 spiro atoms. The molecule has 1 N–H and O–H groups in total. The summed E-state index contributed by atoms with van der Waals surface area (Å²) in [5.74, 6) is 0. The van der Waals surface area contributed by atoms with Crippen molar-refractivity contribution in [3.05, 3.63) is 57.6 Å². The number of aryl methyl sites for hydroxylation is 6. The molecule has 33 heavy (non-hydrogen) atoms. The third-order valence-corrected chi connectivity index (χ3v) is 10.8. The average molecular weight is 487 g/mol. The summed E-state index contributed by atoms with van der Waals surface area (Å²) < 4.78 is 4.49. The van der Waals surface area contributed by atoms with Gasteiger partial charge in [-0.3, -0.25) is 0 Å². The van der Waals surface area contributed by atoms with E-state index in [-0.39, 0.29) is 12.1 Å². The molecule has 3 nitrogen and oxygen atoms in total. The van der Waals surface area contributed by atoms with Crippen molar-refractivity contribution in [1.29, 1.82) is 0 Å². The fourth-order valence-electron chi connectivity index (χ4n) is 5.39. The molecular formula is C28H43N2OPS. The van der Waals surface area contributed by atoms with E-state index in [2.05, 4.69) is 89.0 Å². The van der Waals surface area contributed by atoms with Gasteiger partial charge >= 0.3 is 0 Å². The van der Waals surface area contributed by atoms with Gasteiger partial charge in [0.2, 0.25) is 0 Å². The molecule has 0 unspecified atom stereocenters. The molecular weight excluding hydrogens is 443 g/mol. The summed E-state index contributed by atoms with van der Waals surface area (Å²) in [6, 6.07) is 9.57. The predicted molar refractivity (Wildman–Crippen MR) is 150 cm³/mol. The van der Waals surface area contributed by atoms with Crippen LogP contribution in [0.5, 0.6) is 0 Å². The summed E-state index contributed by atoms with van der Waals surface area (Å²) in [6.45, 7) is 14.8. The molecule has 1 aliphatic heterocycles. The zero-order valence-corrected chi connectivity index (χ0v) is 23.6. The SMILES string of the molecule is CCc1cc(CC)c(N2[C@H](C)[C@@H](C)N(c3c(CC)cc(CC)cc3CC)P2(O)=S)c(CC)c1.